The Labute approximate surface area is 116 Å². The van der Waals surface area contributed by atoms with Crippen LogP contribution in [0.5, 0.6) is 0 Å². The lowest BCUT2D eigenvalue weighted by molar-refractivity contribution is -0.144. The Morgan fingerprint density at radius 1 is 1.14 bits per heavy atom. The summed E-state index contributed by atoms with van der Waals surface area (Å²) in [7, 11) is 0. The first kappa shape index (κ1) is 16.9. The number of alkyl halides is 3. The molecule has 0 bridgehead atoms. The zero-order valence-electron chi connectivity index (χ0n) is 10.6. The minimum Gasteiger partial charge on any atom is -0.366 e. The lowest BCUT2D eigenvalue weighted by Gasteiger charge is -2.09. The van der Waals surface area contributed by atoms with Crippen molar-refractivity contribution in [2.75, 3.05) is 0 Å². The van der Waals surface area contributed by atoms with E-state index in [1.807, 2.05) is 5.32 Å². The van der Waals surface area contributed by atoms with Gasteiger partial charge >= 0.3 is 6.18 Å². The lowest BCUT2D eigenvalue weighted by atomic mass is 10.1. The monoisotopic (exact) mass is 310 g/mol. The van der Waals surface area contributed by atoms with Crippen LogP contribution in [0.1, 0.15) is 28.8 Å². The summed E-state index contributed by atoms with van der Waals surface area (Å²) in [6.45, 7) is -0.502. The van der Waals surface area contributed by atoms with Gasteiger partial charge in [-0.25, -0.2) is 8.78 Å². The van der Waals surface area contributed by atoms with Crippen molar-refractivity contribution < 1.29 is 31.5 Å². The van der Waals surface area contributed by atoms with Gasteiger partial charge in [-0.1, -0.05) is 6.07 Å². The molecule has 0 fully saturated rings. The number of benzene rings is 1. The van der Waals surface area contributed by atoms with E-state index in [-0.39, 0.29) is 5.56 Å². The van der Waals surface area contributed by atoms with Gasteiger partial charge in [0.25, 0.3) is 5.91 Å². The second-order valence-electron chi connectivity index (χ2n) is 4.16. The van der Waals surface area contributed by atoms with Crippen LogP contribution >= 0.6 is 0 Å². The van der Waals surface area contributed by atoms with Gasteiger partial charge in [-0.3, -0.25) is 9.59 Å². The third kappa shape index (κ3) is 5.01. The first-order chi connectivity index (χ1) is 9.61. The van der Waals surface area contributed by atoms with Crippen molar-refractivity contribution >= 4 is 11.8 Å². The maximum atomic E-state index is 13.5. The highest BCUT2D eigenvalue weighted by atomic mass is 19.4. The van der Waals surface area contributed by atoms with Gasteiger partial charge in [0.1, 0.15) is 0 Å². The second kappa shape index (κ2) is 6.51. The van der Waals surface area contributed by atoms with Gasteiger partial charge in [0, 0.05) is 18.5 Å². The van der Waals surface area contributed by atoms with Crippen molar-refractivity contribution in [3.63, 3.8) is 0 Å². The number of carbonyl (C=O) groups excluding carboxylic acids is 2. The minimum absolute atomic E-state index is 0.308. The van der Waals surface area contributed by atoms with Crippen LogP contribution in [0.4, 0.5) is 22.0 Å². The highest BCUT2D eigenvalue weighted by Crippen LogP contribution is 2.21. The van der Waals surface area contributed by atoms with Gasteiger partial charge in [-0.15, -0.1) is 0 Å². The zero-order valence-corrected chi connectivity index (χ0v) is 10.6. The number of carbonyl (C=O) groups is 2. The standard InChI is InChI=1S/C12H11F5N2O2/c13-9-6(1-2-7(10(9)14)11(18)21)5-19-8(20)3-4-12(15,16)17/h1-2H,3-5H2,(H2,18,21)(H,19,20). The number of halogens is 5. The number of nitrogens with one attached hydrogen (secondary N) is 1. The summed E-state index contributed by atoms with van der Waals surface area (Å²) in [4.78, 5) is 21.9. The first-order valence-corrected chi connectivity index (χ1v) is 5.72. The fourth-order valence-corrected chi connectivity index (χ4v) is 1.45. The van der Waals surface area contributed by atoms with Crippen molar-refractivity contribution in [3.05, 3.63) is 34.9 Å². The molecule has 116 valence electrons. The van der Waals surface area contributed by atoms with Crippen molar-refractivity contribution in [2.24, 2.45) is 5.73 Å². The van der Waals surface area contributed by atoms with Crippen LogP contribution < -0.4 is 11.1 Å². The maximum absolute atomic E-state index is 13.5. The number of nitrogens with two attached hydrogens (primary N) is 1. The molecule has 1 aromatic rings. The van der Waals surface area contributed by atoms with E-state index in [2.05, 4.69) is 0 Å². The Kier molecular flexibility index (Phi) is 5.23. The fraction of sp³-hybridized carbons (Fsp3) is 0.333. The molecule has 0 atom stereocenters. The molecule has 0 saturated heterocycles. The van der Waals surface area contributed by atoms with Crippen molar-refractivity contribution in [1.29, 1.82) is 0 Å². The van der Waals surface area contributed by atoms with Crippen molar-refractivity contribution in [1.82, 2.24) is 5.32 Å². The third-order valence-corrected chi connectivity index (χ3v) is 2.54. The van der Waals surface area contributed by atoms with Gasteiger partial charge in [-0.2, -0.15) is 13.2 Å². The molecule has 2 amide bonds. The van der Waals surface area contributed by atoms with E-state index >= 15 is 0 Å². The Bertz CT molecular complexity index is 557. The molecule has 0 aliphatic heterocycles. The number of hydrogen-bond donors (Lipinski definition) is 2. The molecule has 3 N–H and O–H groups in total. The predicted molar refractivity (Wildman–Crippen MR) is 62.0 cm³/mol. The van der Waals surface area contributed by atoms with Gasteiger partial charge in [0.15, 0.2) is 11.6 Å². The number of primary amides is 1. The topological polar surface area (TPSA) is 72.2 Å². The van der Waals surface area contributed by atoms with E-state index in [1.165, 1.54) is 0 Å². The Morgan fingerprint density at radius 2 is 1.76 bits per heavy atom. The Balaban J connectivity index is 2.66. The third-order valence-electron chi connectivity index (χ3n) is 2.54. The summed E-state index contributed by atoms with van der Waals surface area (Å²) in [5.74, 6) is -4.97. The second-order valence-corrected chi connectivity index (χ2v) is 4.16. The van der Waals surface area contributed by atoms with E-state index in [4.69, 9.17) is 5.73 Å². The van der Waals surface area contributed by atoms with E-state index in [0.717, 1.165) is 12.1 Å². The largest absolute Gasteiger partial charge is 0.389 e. The maximum Gasteiger partial charge on any atom is 0.389 e. The highest BCUT2D eigenvalue weighted by Gasteiger charge is 2.27. The van der Waals surface area contributed by atoms with Crippen molar-refractivity contribution in [3.8, 4) is 0 Å². The van der Waals surface area contributed by atoms with Crippen LogP contribution in [0.2, 0.25) is 0 Å². The van der Waals surface area contributed by atoms with Crippen LogP contribution in [0.15, 0.2) is 12.1 Å². The quantitative estimate of drug-likeness (QED) is 0.817. The van der Waals surface area contributed by atoms with E-state index in [0.29, 0.717) is 0 Å². The molecule has 1 aromatic carbocycles. The van der Waals surface area contributed by atoms with Crippen LogP contribution in [0, 0.1) is 11.6 Å². The molecule has 0 aromatic heterocycles. The summed E-state index contributed by atoms with van der Waals surface area (Å²) in [5.41, 5.74) is 3.85. The normalized spacial score (nSPS) is 11.3. The molecule has 0 saturated carbocycles. The van der Waals surface area contributed by atoms with E-state index < -0.39 is 54.6 Å². The summed E-state index contributed by atoms with van der Waals surface area (Å²) in [6, 6.07) is 1.94. The first-order valence-electron chi connectivity index (χ1n) is 5.72. The van der Waals surface area contributed by atoms with Gasteiger partial charge in [-0.05, 0) is 6.07 Å². The summed E-state index contributed by atoms with van der Waals surface area (Å²) in [5, 5.41) is 2.03. The molecule has 21 heavy (non-hydrogen) atoms. The van der Waals surface area contributed by atoms with Crippen LogP contribution in [-0.4, -0.2) is 18.0 Å². The van der Waals surface area contributed by atoms with Crippen LogP contribution in [0.25, 0.3) is 0 Å². The number of hydrogen-bond acceptors (Lipinski definition) is 2. The molecule has 0 unspecified atom stereocenters. The van der Waals surface area contributed by atoms with Gasteiger partial charge in [0.2, 0.25) is 5.91 Å². The molecular weight excluding hydrogens is 299 g/mol. The molecule has 0 spiro atoms. The van der Waals surface area contributed by atoms with Crippen LogP contribution in [0.3, 0.4) is 0 Å². The highest BCUT2D eigenvalue weighted by molar-refractivity contribution is 5.93. The Morgan fingerprint density at radius 3 is 2.29 bits per heavy atom. The van der Waals surface area contributed by atoms with Gasteiger partial charge < -0.3 is 11.1 Å². The van der Waals surface area contributed by atoms with Crippen LogP contribution in [-0.2, 0) is 11.3 Å². The SMILES string of the molecule is NC(=O)c1ccc(CNC(=O)CCC(F)(F)F)c(F)c1F. The lowest BCUT2D eigenvalue weighted by Crippen LogP contribution is -2.25. The summed E-state index contributed by atoms with van der Waals surface area (Å²) >= 11 is 0. The van der Waals surface area contributed by atoms with Gasteiger partial charge in [0.05, 0.1) is 12.0 Å². The molecule has 0 aliphatic carbocycles. The summed E-state index contributed by atoms with van der Waals surface area (Å²) in [6.07, 6.45) is -6.60. The molecule has 0 aliphatic rings. The average Bonchev–Trinajstić information content (AvgIpc) is 2.36. The summed E-state index contributed by atoms with van der Waals surface area (Å²) < 4.78 is 62.6. The molecule has 9 heteroatoms. The van der Waals surface area contributed by atoms with Crippen molar-refractivity contribution in [2.45, 2.75) is 25.6 Å². The molecule has 0 radical (unpaired) electrons. The van der Waals surface area contributed by atoms with E-state index in [1.54, 1.807) is 0 Å². The smallest absolute Gasteiger partial charge is 0.366 e. The number of rotatable bonds is 5. The molecular formula is C12H11F5N2O2. The molecule has 0 heterocycles. The fourth-order valence-electron chi connectivity index (χ4n) is 1.45. The predicted octanol–water partition coefficient (Wildman–Crippen LogP) is 2.02. The Hall–Kier alpha value is -2.19. The zero-order chi connectivity index (χ0) is 16.2. The molecule has 4 nitrogen and oxygen atoms in total. The van der Waals surface area contributed by atoms with E-state index in [9.17, 15) is 31.5 Å². The molecule has 1 rings (SSSR count). The number of amides is 2. The minimum atomic E-state index is -4.47. The average molecular weight is 310 g/mol.